The summed E-state index contributed by atoms with van der Waals surface area (Å²) in [6.45, 7) is 2.74. The lowest BCUT2D eigenvalue weighted by Gasteiger charge is -2.43. The number of thioether (sulfide) groups is 1. The summed E-state index contributed by atoms with van der Waals surface area (Å²) in [5.74, 6) is 2.04. The van der Waals surface area contributed by atoms with Crippen LogP contribution in [0.4, 0.5) is 0 Å². The van der Waals surface area contributed by atoms with E-state index in [-0.39, 0.29) is 16.3 Å². The molecule has 1 amide bonds. The zero-order valence-electron chi connectivity index (χ0n) is 16.5. The quantitative estimate of drug-likeness (QED) is 0.670. The lowest BCUT2D eigenvalue weighted by Crippen LogP contribution is -2.56. The molecule has 1 N–H and O–H groups in total. The normalized spacial score (nSPS) is 20.4. The number of nitrogens with zero attached hydrogens (tertiary/aromatic N) is 2. The maximum atomic E-state index is 12.8. The molecule has 1 heterocycles. The molecule has 0 atom stereocenters. The van der Waals surface area contributed by atoms with E-state index in [1.165, 1.54) is 39.1 Å². The second-order valence-electron chi connectivity index (χ2n) is 7.34. The van der Waals surface area contributed by atoms with Crippen LogP contribution in [0.15, 0.2) is 29.2 Å². The number of hydroxylamine groups is 1. The van der Waals surface area contributed by atoms with Crippen molar-refractivity contribution < 1.29 is 18.0 Å². The van der Waals surface area contributed by atoms with Crippen LogP contribution in [0.1, 0.15) is 36.0 Å². The molecule has 1 aromatic rings. The first-order valence-electron chi connectivity index (χ1n) is 9.63. The van der Waals surface area contributed by atoms with E-state index in [1.54, 1.807) is 12.1 Å². The highest BCUT2D eigenvalue weighted by molar-refractivity contribution is 7.99. The molecule has 2 aliphatic rings. The predicted molar refractivity (Wildman–Crippen MR) is 111 cm³/mol. The molecule has 7 nitrogen and oxygen atoms in total. The third-order valence-electron chi connectivity index (χ3n) is 5.78. The highest BCUT2D eigenvalue weighted by Gasteiger charge is 2.40. The monoisotopic (exact) mass is 427 g/mol. The number of benzene rings is 1. The molecule has 28 heavy (non-hydrogen) atoms. The Morgan fingerprint density at radius 3 is 2.61 bits per heavy atom. The van der Waals surface area contributed by atoms with Crippen LogP contribution in [0, 0.1) is 0 Å². The number of nitrogens with one attached hydrogen (secondary N) is 1. The SMILES string of the molecule is CON(C)S(=O)(=O)c1cccc(C(=O)NCC2(N3CCSCC3)CCCC2)c1. The number of carbonyl (C=O) groups excluding carboxylic acids is 1. The van der Waals surface area contributed by atoms with E-state index in [1.807, 2.05) is 11.8 Å². The Labute approximate surface area is 171 Å². The van der Waals surface area contributed by atoms with Gasteiger partial charge in [-0.15, -0.1) is 0 Å². The highest BCUT2D eigenvalue weighted by atomic mass is 32.2. The van der Waals surface area contributed by atoms with Gasteiger partial charge in [0.05, 0.1) is 12.0 Å². The van der Waals surface area contributed by atoms with Crippen molar-refractivity contribution in [2.75, 3.05) is 45.3 Å². The van der Waals surface area contributed by atoms with E-state index in [9.17, 15) is 13.2 Å². The van der Waals surface area contributed by atoms with Crippen LogP contribution >= 0.6 is 11.8 Å². The minimum absolute atomic E-state index is 0.0353. The molecule has 0 unspecified atom stereocenters. The van der Waals surface area contributed by atoms with E-state index < -0.39 is 10.0 Å². The van der Waals surface area contributed by atoms with Crippen LogP contribution in [-0.4, -0.2) is 74.5 Å². The van der Waals surface area contributed by atoms with Crippen LogP contribution in [0.5, 0.6) is 0 Å². The second kappa shape index (κ2) is 9.13. The standard InChI is InChI=1S/C19H29N3O4S2/c1-21(26-2)28(24,25)17-7-5-6-16(14-17)18(23)20-15-19(8-3-4-9-19)22-10-12-27-13-11-22/h5-7,14H,3-4,8-13,15H2,1-2H3,(H,20,23). The van der Waals surface area contributed by atoms with Crippen LogP contribution in [0.25, 0.3) is 0 Å². The van der Waals surface area contributed by atoms with Crippen LogP contribution in [0.2, 0.25) is 0 Å². The van der Waals surface area contributed by atoms with Crippen molar-refractivity contribution in [3.63, 3.8) is 0 Å². The van der Waals surface area contributed by atoms with Gasteiger partial charge >= 0.3 is 0 Å². The molecule has 1 saturated heterocycles. The van der Waals surface area contributed by atoms with Crippen molar-refractivity contribution in [2.45, 2.75) is 36.1 Å². The fourth-order valence-corrected chi connectivity index (χ4v) is 5.99. The first-order valence-corrected chi connectivity index (χ1v) is 12.2. The average molecular weight is 428 g/mol. The molecule has 0 bridgehead atoms. The predicted octanol–water partition coefficient (Wildman–Crippen LogP) is 1.96. The zero-order valence-corrected chi connectivity index (χ0v) is 18.2. The number of hydrogen-bond donors (Lipinski definition) is 1. The Hall–Kier alpha value is -1.13. The molecule has 1 aromatic carbocycles. The molecule has 0 aromatic heterocycles. The lowest BCUT2D eigenvalue weighted by atomic mass is 9.94. The molecule has 3 rings (SSSR count). The van der Waals surface area contributed by atoms with Crippen molar-refractivity contribution in [1.82, 2.24) is 14.7 Å². The molecular weight excluding hydrogens is 398 g/mol. The number of carbonyl (C=O) groups is 1. The molecule has 1 saturated carbocycles. The van der Waals surface area contributed by atoms with E-state index in [0.29, 0.717) is 12.1 Å². The van der Waals surface area contributed by atoms with Gasteiger partial charge in [0.1, 0.15) is 0 Å². The second-order valence-corrected chi connectivity index (χ2v) is 10.5. The number of sulfonamides is 1. The Balaban J connectivity index is 1.71. The van der Waals surface area contributed by atoms with Gasteiger partial charge < -0.3 is 5.32 Å². The third-order valence-corrected chi connectivity index (χ3v) is 8.40. The summed E-state index contributed by atoms with van der Waals surface area (Å²) in [7, 11) is -1.18. The first kappa shape index (κ1) is 21.6. The van der Waals surface area contributed by atoms with Crippen molar-refractivity contribution in [3.05, 3.63) is 29.8 Å². The minimum Gasteiger partial charge on any atom is -0.350 e. The highest BCUT2D eigenvalue weighted by Crippen LogP contribution is 2.36. The van der Waals surface area contributed by atoms with Gasteiger partial charge in [-0.1, -0.05) is 23.4 Å². The first-order chi connectivity index (χ1) is 13.4. The largest absolute Gasteiger partial charge is 0.350 e. The molecule has 1 aliphatic carbocycles. The fourth-order valence-electron chi connectivity index (χ4n) is 4.07. The Bertz CT molecular complexity index is 788. The van der Waals surface area contributed by atoms with Crippen LogP contribution < -0.4 is 5.32 Å². The lowest BCUT2D eigenvalue weighted by molar-refractivity contribution is -0.0258. The van der Waals surface area contributed by atoms with Gasteiger partial charge in [-0.05, 0) is 31.0 Å². The molecule has 2 fully saturated rings. The summed E-state index contributed by atoms with van der Waals surface area (Å²) in [5, 5.41) is 3.07. The molecule has 1 aliphatic heterocycles. The Kier molecular flexibility index (Phi) is 7.03. The van der Waals surface area contributed by atoms with E-state index >= 15 is 0 Å². The summed E-state index contributed by atoms with van der Waals surface area (Å²) >= 11 is 1.99. The number of rotatable bonds is 7. The molecule has 0 spiro atoms. The van der Waals surface area contributed by atoms with Gasteiger partial charge in [0.2, 0.25) is 0 Å². The summed E-state index contributed by atoms with van der Waals surface area (Å²) in [5.41, 5.74) is 0.379. The maximum absolute atomic E-state index is 12.8. The zero-order chi connectivity index (χ0) is 20.2. The summed E-state index contributed by atoms with van der Waals surface area (Å²) in [6, 6.07) is 6.09. The van der Waals surface area contributed by atoms with Crippen LogP contribution in [-0.2, 0) is 14.9 Å². The molecule has 156 valence electrons. The van der Waals surface area contributed by atoms with Gasteiger partial charge in [0, 0.05) is 49.3 Å². The van der Waals surface area contributed by atoms with Gasteiger partial charge in [-0.2, -0.15) is 11.8 Å². The van der Waals surface area contributed by atoms with Crippen molar-refractivity contribution >= 4 is 27.7 Å². The number of amides is 1. The Morgan fingerprint density at radius 1 is 1.29 bits per heavy atom. The van der Waals surface area contributed by atoms with Gasteiger partial charge in [0.25, 0.3) is 15.9 Å². The Morgan fingerprint density at radius 2 is 1.96 bits per heavy atom. The van der Waals surface area contributed by atoms with Crippen molar-refractivity contribution in [2.24, 2.45) is 0 Å². The van der Waals surface area contributed by atoms with Gasteiger partial charge in [0.15, 0.2) is 0 Å². The van der Waals surface area contributed by atoms with Gasteiger partial charge in [-0.3, -0.25) is 14.5 Å². The van der Waals surface area contributed by atoms with E-state index in [0.717, 1.165) is 41.9 Å². The minimum atomic E-state index is -3.78. The van der Waals surface area contributed by atoms with Crippen molar-refractivity contribution in [1.29, 1.82) is 0 Å². The van der Waals surface area contributed by atoms with Gasteiger partial charge in [-0.25, -0.2) is 8.42 Å². The molecule has 9 heteroatoms. The van der Waals surface area contributed by atoms with E-state index in [2.05, 4.69) is 10.2 Å². The summed E-state index contributed by atoms with van der Waals surface area (Å²) in [4.78, 5) is 20.2. The van der Waals surface area contributed by atoms with Crippen LogP contribution in [0.3, 0.4) is 0 Å². The topological polar surface area (TPSA) is 78.9 Å². The molecule has 0 radical (unpaired) electrons. The van der Waals surface area contributed by atoms with E-state index in [4.69, 9.17) is 4.84 Å². The smallest absolute Gasteiger partial charge is 0.264 e. The third kappa shape index (κ3) is 4.54. The fraction of sp³-hybridized carbons (Fsp3) is 0.632. The van der Waals surface area contributed by atoms with Crippen molar-refractivity contribution in [3.8, 4) is 0 Å². The summed E-state index contributed by atoms with van der Waals surface area (Å²) in [6.07, 6.45) is 4.59. The average Bonchev–Trinajstić information content (AvgIpc) is 3.22. The maximum Gasteiger partial charge on any atom is 0.264 e. The summed E-state index contributed by atoms with van der Waals surface area (Å²) < 4.78 is 25.6. The molecular formula is C19H29N3O4S2. The number of hydrogen-bond acceptors (Lipinski definition) is 6.